The molecule has 1 amide bonds. The largest absolute Gasteiger partial charge is 0.505 e. The van der Waals surface area contributed by atoms with E-state index in [1.165, 1.54) is 66.7 Å². The predicted molar refractivity (Wildman–Crippen MR) is 211 cm³/mol. The van der Waals surface area contributed by atoms with Crippen LogP contribution in [0, 0.1) is 30.6 Å². The normalized spacial score (nSPS) is 31.5. The smallest absolute Gasteiger partial charge is 0.313 e. The Morgan fingerprint density at radius 1 is 0.881 bits per heavy atom. The Hall–Kier alpha value is -5.33. The van der Waals surface area contributed by atoms with Crippen molar-refractivity contribution in [1.82, 2.24) is 0 Å². The summed E-state index contributed by atoms with van der Waals surface area (Å²) >= 11 is 0. The Morgan fingerprint density at radius 3 is 2.00 bits per heavy atom. The average molecular weight is 830 g/mol. The summed E-state index contributed by atoms with van der Waals surface area (Å²) in [6.45, 7) is 13.4. The molecular weight excluding hydrogens is 774 g/mol. The summed E-state index contributed by atoms with van der Waals surface area (Å²) in [7, 11) is 1.06. The van der Waals surface area contributed by atoms with Gasteiger partial charge < -0.3 is 60.0 Å². The van der Waals surface area contributed by atoms with Gasteiger partial charge in [-0.25, -0.2) is 0 Å². The number of rotatable bonds is 2. The number of carboxylic acid groups (broad SMARTS) is 1. The maximum absolute atomic E-state index is 14.0. The average Bonchev–Trinajstić information content (AvgIpc) is 3.16. The summed E-state index contributed by atoms with van der Waals surface area (Å²) in [5, 5.41) is 79.2. The predicted octanol–water partition coefficient (Wildman–Crippen LogP) is 3.20. The lowest BCUT2D eigenvalue weighted by molar-refractivity contribution is -0.168. The molecule has 3 heterocycles. The van der Waals surface area contributed by atoms with Crippen molar-refractivity contribution in [2.75, 3.05) is 19.2 Å². The maximum atomic E-state index is 14.0. The molecular formula is C42H55NO16. The highest BCUT2D eigenvalue weighted by molar-refractivity contribution is 6.21. The number of Topliss-reactive ketones (excluding diaryl/α,β-unsaturated/α-hetero) is 1. The van der Waals surface area contributed by atoms with Gasteiger partial charge in [0.2, 0.25) is 6.79 Å². The molecule has 59 heavy (non-hydrogen) atoms. The summed E-state index contributed by atoms with van der Waals surface area (Å²) in [5.41, 5.74) is -2.34. The highest BCUT2D eigenvalue weighted by atomic mass is 16.7. The second-order valence-corrected chi connectivity index (χ2v) is 15.2. The second-order valence-electron chi connectivity index (χ2n) is 15.2. The van der Waals surface area contributed by atoms with Crippen LogP contribution >= 0.6 is 0 Å². The number of hydrogen-bond acceptors (Lipinski definition) is 15. The first-order chi connectivity index (χ1) is 27.3. The Balaban J connectivity index is 0.00000222. The van der Waals surface area contributed by atoms with E-state index in [4.69, 9.17) is 28.8 Å². The van der Waals surface area contributed by atoms with E-state index < -0.39 is 95.8 Å². The van der Waals surface area contributed by atoms with E-state index in [9.17, 15) is 49.8 Å². The fraction of sp³-hybridized carbons (Fsp3) is 0.500. The number of carboxylic acids is 1. The summed E-state index contributed by atoms with van der Waals surface area (Å²) in [5.74, 6) is -9.51. The molecule has 17 nitrogen and oxygen atoms in total. The van der Waals surface area contributed by atoms with Crippen LogP contribution in [0.1, 0.15) is 83.8 Å². The number of esters is 2. The number of amides is 1. The molecule has 17 heteroatoms. The molecule has 4 bridgehead atoms. The number of anilines is 1. The fourth-order valence-corrected chi connectivity index (χ4v) is 7.28. The van der Waals surface area contributed by atoms with Gasteiger partial charge in [0.05, 0.1) is 48.3 Å². The quantitative estimate of drug-likeness (QED) is 0.121. The molecule has 324 valence electrons. The zero-order valence-electron chi connectivity index (χ0n) is 34.9. The molecule has 8 N–H and O–H groups in total. The first kappa shape index (κ1) is 48.0. The number of aliphatic carboxylic acids is 1. The van der Waals surface area contributed by atoms with E-state index in [0.717, 1.165) is 21.0 Å². The highest BCUT2D eigenvalue weighted by Gasteiger charge is 2.47. The third kappa shape index (κ3) is 10.1. The molecule has 1 aromatic carbocycles. The Bertz CT molecular complexity index is 2020. The minimum atomic E-state index is -2.17. The van der Waals surface area contributed by atoms with Crippen LogP contribution < -0.4 is 10.1 Å². The molecule has 1 aromatic rings. The van der Waals surface area contributed by atoms with E-state index >= 15 is 0 Å². The van der Waals surface area contributed by atoms with Gasteiger partial charge in [0.15, 0.2) is 11.5 Å². The summed E-state index contributed by atoms with van der Waals surface area (Å²) in [6, 6.07) is 0. The summed E-state index contributed by atoms with van der Waals surface area (Å²) in [4.78, 5) is 62.0. The van der Waals surface area contributed by atoms with Crippen molar-refractivity contribution >= 4 is 40.9 Å². The van der Waals surface area contributed by atoms with E-state index in [0.29, 0.717) is 0 Å². The van der Waals surface area contributed by atoms with Gasteiger partial charge in [-0.3, -0.25) is 24.0 Å². The molecule has 0 fully saturated rings. The van der Waals surface area contributed by atoms with Crippen LogP contribution in [0.15, 0.2) is 52.5 Å². The van der Waals surface area contributed by atoms with E-state index in [1.807, 2.05) is 0 Å². The van der Waals surface area contributed by atoms with Crippen molar-refractivity contribution in [2.24, 2.45) is 23.7 Å². The molecule has 0 aromatic heterocycles. The van der Waals surface area contributed by atoms with Crippen molar-refractivity contribution in [3.63, 3.8) is 0 Å². The number of aromatic hydroxyl groups is 1. The third-order valence-corrected chi connectivity index (χ3v) is 10.6. The Labute approximate surface area is 341 Å². The molecule has 3 aliphatic heterocycles. The minimum Gasteiger partial charge on any atom is -0.505 e. The van der Waals surface area contributed by atoms with Crippen LogP contribution in [-0.2, 0) is 33.4 Å². The summed E-state index contributed by atoms with van der Waals surface area (Å²) < 4.78 is 22.3. The third-order valence-electron chi connectivity index (χ3n) is 10.6. The maximum Gasteiger partial charge on any atom is 0.313 e. The number of aliphatic hydroxyl groups excluding tert-OH is 4. The van der Waals surface area contributed by atoms with Gasteiger partial charge in [0, 0.05) is 53.9 Å². The van der Waals surface area contributed by atoms with Crippen LogP contribution in [0.3, 0.4) is 0 Å². The zero-order valence-corrected chi connectivity index (χ0v) is 34.9. The van der Waals surface area contributed by atoms with E-state index in [1.54, 1.807) is 13.0 Å². The van der Waals surface area contributed by atoms with Gasteiger partial charge in [-0.2, -0.15) is 0 Å². The zero-order chi connectivity index (χ0) is 45.0. The molecule has 1 aliphatic carbocycles. The molecule has 0 spiro atoms. The lowest BCUT2D eigenvalue weighted by Crippen LogP contribution is -2.53. The molecule has 5 rings (SSSR count). The number of phenolic OH excluding ortho intramolecular Hbond substituents is 1. The number of ether oxygens (including phenoxy) is 4. The second kappa shape index (κ2) is 19.2. The number of hydrogen-bond donors (Lipinski definition) is 8. The van der Waals surface area contributed by atoms with Crippen LogP contribution in [0.5, 0.6) is 11.5 Å². The lowest BCUT2D eigenvalue weighted by atomic mass is 9.75. The molecule has 0 radical (unpaired) electrons. The van der Waals surface area contributed by atoms with Crippen molar-refractivity contribution in [2.45, 2.75) is 99.3 Å². The number of phenols is 1. The van der Waals surface area contributed by atoms with Gasteiger partial charge in [-0.05, 0) is 46.3 Å². The number of ketones is 1. The first-order valence-electron chi connectivity index (χ1n) is 18.7. The van der Waals surface area contributed by atoms with Crippen LogP contribution in [0.2, 0.25) is 0 Å². The van der Waals surface area contributed by atoms with Gasteiger partial charge in [0.1, 0.15) is 28.8 Å². The Morgan fingerprint density at radius 2 is 1.44 bits per heavy atom. The SMILES string of the molecule is CC(=O)O.COC(=O)C1C(O)C(C)C(O)C(C)/C=C\C=C(\C)C(=O)Nc2c(C)c(OC(C)=O)c3c(c2O)C(=O)C(C)=C2OCOC(=C23)/C(C)=C\C(C)(O)C(O)C(C)C1O. The number of benzene rings is 1. The molecule has 0 saturated heterocycles. The van der Waals surface area contributed by atoms with Crippen LogP contribution in [0.25, 0.3) is 5.57 Å². The van der Waals surface area contributed by atoms with Crippen molar-refractivity contribution in [1.29, 1.82) is 0 Å². The first-order valence-corrected chi connectivity index (χ1v) is 18.7. The monoisotopic (exact) mass is 829 g/mol. The van der Waals surface area contributed by atoms with Gasteiger partial charge >= 0.3 is 11.9 Å². The van der Waals surface area contributed by atoms with Crippen LogP contribution in [-0.4, -0.2) is 109 Å². The molecule has 9 unspecified atom stereocenters. The van der Waals surface area contributed by atoms with Gasteiger partial charge in [-0.15, -0.1) is 0 Å². The number of nitrogens with one attached hydrogen (secondary N) is 1. The number of carbonyl (C=O) groups excluding carboxylic acids is 4. The van der Waals surface area contributed by atoms with E-state index in [-0.39, 0.29) is 61.9 Å². The number of allylic oxidation sites excluding steroid dienone is 5. The number of fused-ring (bicyclic) bond motifs is 14. The van der Waals surface area contributed by atoms with Crippen molar-refractivity contribution in [3.05, 3.63) is 69.2 Å². The van der Waals surface area contributed by atoms with Crippen molar-refractivity contribution < 1.29 is 78.7 Å². The fourth-order valence-electron chi connectivity index (χ4n) is 7.28. The number of aliphatic hydroxyl groups is 5. The molecule has 0 saturated carbocycles. The summed E-state index contributed by atoms with van der Waals surface area (Å²) in [6.07, 6.45) is -0.878. The van der Waals surface area contributed by atoms with Gasteiger partial charge in [-0.1, -0.05) is 39.0 Å². The number of methoxy groups -OCH3 is 1. The molecule has 4 aliphatic rings. The van der Waals surface area contributed by atoms with Crippen molar-refractivity contribution in [3.8, 4) is 11.5 Å². The lowest BCUT2D eigenvalue weighted by Gasteiger charge is -2.39. The Kier molecular flexibility index (Phi) is 15.6. The molecule has 9 atom stereocenters. The minimum absolute atomic E-state index is 0.00256. The van der Waals surface area contributed by atoms with Gasteiger partial charge in [0.25, 0.3) is 11.9 Å². The highest BCUT2D eigenvalue weighted by Crippen LogP contribution is 2.53. The van der Waals surface area contributed by atoms with E-state index in [2.05, 4.69) is 5.32 Å². The standard InChI is InChI=1S/C40H51NO14.C2H4O2/c1-16-12-11-13-17(2)38(49)41-28-19(4)36(55-23(8)42)24-25(33(28)47)31(45)21(6)35-26(24)34(53-15-54-35)18(3)14-40(9,51)37(48)22(7)32(46)27(39(50)52-10)30(44)20(5)29(16)43;1-2(3)4/h11-14,16,20,22,27,29-30,32,37,43-44,46-48,51H,15H2,1-10H3,(H,41,49);1H3,(H,3,4)/b12-11-,17-13-,18-14-;. The number of carbonyl (C=O) groups is 5. The topological polar surface area (TPSA) is 276 Å². The van der Waals surface area contributed by atoms with Crippen LogP contribution in [0.4, 0.5) is 5.69 Å².